The minimum atomic E-state index is -4.76. The molecule has 1 aliphatic heterocycles. The van der Waals surface area contributed by atoms with Gasteiger partial charge in [-0.05, 0) is 24.1 Å². The van der Waals surface area contributed by atoms with Gasteiger partial charge in [0.1, 0.15) is 30.4 Å². The maximum Gasteiger partial charge on any atom is 0.469 e. The Morgan fingerprint density at radius 2 is 1.89 bits per heavy atom. The Balaban J connectivity index is 1.41. The van der Waals surface area contributed by atoms with Crippen molar-refractivity contribution in [3.8, 4) is 5.75 Å². The Hall–Kier alpha value is -2.64. The highest BCUT2D eigenvalue weighted by atomic mass is 31.2. The number of aliphatic hydroxyl groups excluding tert-OH is 2. The van der Waals surface area contributed by atoms with E-state index in [9.17, 15) is 14.8 Å². The zero-order chi connectivity index (χ0) is 25.7. The molecule has 3 heterocycles. The summed E-state index contributed by atoms with van der Waals surface area (Å²) in [6, 6.07) is 7.76. The normalized spacial score (nSPS) is 22.2. The molecule has 0 radical (unpaired) electrons. The summed E-state index contributed by atoms with van der Waals surface area (Å²) in [5.41, 5.74) is 1.78. The predicted octanol–water partition coefficient (Wildman–Crippen LogP) is 1.74. The predicted molar refractivity (Wildman–Crippen MR) is 128 cm³/mol. The highest BCUT2D eigenvalue weighted by molar-refractivity contribution is 7.46. The number of ether oxygens (including phenoxy) is 2. The van der Waals surface area contributed by atoms with Crippen molar-refractivity contribution in [2.24, 2.45) is 0 Å². The van der Waals surface area contributed by atoms with Crippen molar-refractivity contribution < 1.29 is 38.6 Å². The van der Waals surface area contributed by atoms with Crippen LogP contribution in [0.2, 0.25) is 0 Å². The third-order valence-corrected chi connectivity index (χ3v) is 6.26. The van der Waals surface area contributed by atoms with Gasteiger partial charge in [0.15, 0.2) is 23.2 Å². The Morgan fingerprint density at radius 3 is 2.61 bits per heavy atom. The molecule has 14 heteroatoms. The number of fused-ring (bicyclic) bond motifs is 1. The number of nitrogens with zero attached hydrogens (tertiary/aromatic N) is 4. The van der Waals surface area contributed by atoms with Crippen molar-refractivity contribution in [1.29, 1.82) is 0 Å². The van der Waals surface area contributed by atoms with Crippen LogP contribution in [-0.2, 0) is 20.4 Å². The lowest BCUT2D eigenvalue weighted by Crippen LogP contribution is -2.33. The minimum absolute atomic E-state index is 0.344. The molecule has 1 aromatic carbocycles. The average Bonchev–Trinajstić information content (AvgIpc) is 3.41. The summed E-state index contributed by atoms with van der Waals surface area (Å²) >= 11 is 0. The molecular weight excluding hydrogens is 493 g/mol. The van der Waals surface area contributed by atoms with Gasteiger partial charge in [0, 0.05) is 6.54 Å². The van der Waals surface area contributed by atoms with E-state index >= 15 is 0 Å². The van der Waals surface area contributed by atoms with Gasteiger partial charge in [-0.15, -0.1) is 0 Å². The molecule has 13 nitrogen and oxygen atoms in total. The van der Waals surface area contributed by atoms with Crippen LogP contribution in [-0.4, -0.2) is 71.0 Å². The molecule has 0 spiro atoms. The van der Waals surface area contributed by atoms with E-state index < -0.39 is 39.0 Å². The second kappa shape index (κ2) is 11.6. The summed E-state index contributed by atoms with van der Waals surface area (Å²) in [6.45, 7) is 2.72. The number of anilines is 1. The number of rotatable bonds is 12. The molecule has 1 aliphatic rings. The smallest absolute Gasteiger partial charge is 0.469 e. The Morgan fingerprint density at radius 1 is 1.11 bits per heavy atom. The minimum Gasteiger partial charge on any atom is -0.494 e. The third kappa shape index (κ3) is 6.37. The Labute approximate surface area is 207 Å². The number of nitrogens with one attached hydrogen (secondary N) is 1. The van der Waals surface area contributed by atoms with Gasteiger partial charge in [0.05, 0.1) is 19.5 Å². The van der Waals surface area contributed by atoms with Crippen molar-refractivity contribution in [2.45, 2.75) is 57.3 Å². The van der Waals surface area contributed by atoms with Gasteiger partial charge >= 0.3 is 7.82 Å². The molecule has 1 fully saturated rings. The van der Waals surface area contributed by atoms with Gasteiger partial charge in [-0.2, -0.15) is 0 Å². The van der Waals surface area contributed by atoms with Crippen LogP contribution in [0.5, 0.6) is 5.75 Å². The molecule has 0 aliphatic carbocycles. The first kappa shape index (κ1) is 26.4. The van der Waals surface area contributed by atoms with Crippen molar-refractivity contribution in [3.63, 3.8) is 0 Å². The molecule has 0 amide bonds. The molecule has 196 valence electrons. The maximum absolute atomic E-state index is 11.0. The van der Waals surface area contributed by atoms with Gasteiger partial charge in [0.25, 0.3) is 0 Å². The van der Waals surface area contributed by atoms with E-state index in [-0.39, 0.29) is 0 Å². The van der Waals surface area contributed by atoms with Crippen LogP contribution >= 0.6 is 7.82 Å². The van der Waals surface area contributed by atoms with Crippen LogP contribution in [0.1, 0.15) is 38.0 Å². The zero-order valence-electron chi connectivity index (χ0n) is 19.7. The third-order valence-electron chi connectivity index (χ3n) is 5.78. The largest absolute Gasteiger partial charge is 0.494 e. The molecule has 2 aromatic heterocycles. The second-order valence-electron chi connectivity index (χ2n) is 8.43. The summed E-state index contributed by atoms with van der Waals surface area (Å²) in [4.78, 5) is 30.6. The lowest BCUT2D eigenvalue weighted by Gasteiger charge is -2.16. The van der Waals surface area contributed by atoms with E-state index in [0.717, 1.165) is 30.6 Å². The van der Waals surface area contributed by atoms with Crippen LogP contribution in [0.4, 0.5) is 5.82 Å². The van der Waals surface area contributed by atoms with Gasteiger partial charge in [-0.25, -0.2) is 19.5 Å². The number of unbranched alkanes of at least 4 members (excludes halogenated alkanes) is 2. The first-order valence-corrected chi connectivity index (χ1v) is 13.1. The van der Waals surface area contributed by atoms with E-state index in [1.165, 1.54) is 17.2 Å². The highest BCUT2D eigenvalue weighted by Gasteiger charge is 2.45. The summed E-state index contributed by atoms with van der Waals surface area (Å²) in [5.74, 6) is 1.29. The van der Waals surface area contributed by atoms with E-state index in [0.29, 0.717) is 30.1 Å². The molecule has 0 bridgehead atoms. The Bertz CT molecular complexity index is 1190. The van der Waals surface area contributed by atoms with Crippen LogP contribution in [0.3, 0.4) is 0 Å². The summed E-state index contributed by atoms with van der Waals surface area (Å²) in [7, 11) is -4.76. The van der Waals surface area contributed by atoms with Gasteiger partial charge in [-0.3, -0.25) is 9.09 Å². The van der Waals surface area contributed by atoms with Crippen LogP contribution in [0.25, 0.3) is 11.2 Å². The SMILES string of the molecule is CCCCCOc1ccc(CNc2ncnc3c2ncn3[C@@H]2O[C@H](COP(=O)(O)O)[C@@H](O)[C@H]2O)cc1. The summed E-state index contributed by atoms with van der Waals surface area (Å²) in [5, 5.41) is 24.0. The van der Waals surface area contributed by atoms with Crippen molar-refractivity contribution >= 4 is 24.8 Å². The molecule has 36 heavy (non-hydrogen) atoms. The average molecular weight is 523 g/mol. The summed E-state index contributed by atoms with van der Waals surface area (Å²) < 4.78 is 28.2. The molecular formula is C22H30N5O8P. The monoisotopic (exact) mass is 523 g/mol. The molecule has 4 atom stereocenters. The van der Waals surface area contributed by atoms with Gasteiger partial charge < -0.3 is 34.8 Å². The fourth-order valence-electron chi connectivity index (χ4n) is 3.87. The molecule has 0 saturated carbocycles. The van der Waals surface area contributed by atoms with Gasteiger partial charge in [0.2, 0.25) is 0 Å². The highest BCUT2D eigenvalue weighted by Crippen LogP contribution is 2.39. The number of hydrogen-bond donors (Lipinski definition) is 5. The zero-order valence-corrected chi connectivity index (χ0v) is 20.6. The number of hydrogen-bond acceptors (Lipinski definition) is 10. The lowest BCUT2D eigenvalue weighted by atomic mass is 10.1. The molecule has 3 aromatic rings. The van der Waals surface area contributed by atoms with E-state index in [4.69, 9.17) is 19.3 Å². The fraction of sp³-hybridized carbons (Fsp3) is 0.500. The number of phosphoric ester groups is 1. The van der Waals surface area contributed by atoms with Crippen molar-refractivity contribution in [3.05, 3.63) is 42.5 Å². The van der Waals surface area contributed by atoms with E-state index in [1.54, 1.807) is 0 Å². The first-order chi connectivity index (χ1) is 17.3. The lowest BCUT2D eigenvalue weighted by molar-refractivity contribution is -0.0504. The standard InChI is InChI=1S/C22H30N5O8P/c1-2-3-4-9-33-15-7-5-14(6-8-15)10-23-20-17-21(25-12-24-20)27(13-26-17)22-19(29)18(28)16(35-22)11-34-36(30,31)32/h5-8,12-13,16,18-19,22,28-29H,2-4,9-11H2,1H3,(H,23,24,25)(H2,30,31,32)/t16-,18-,19-,22-/m1/s1. The number of imidazole rings is 1. The summed E-state index contributed by atoms with van der Waals surface area (Å²) in [6.07, 6.45) is 0.955. The van der Waals surface area contributed by atoms with Crippen molar-refractivity contribution in [2.75, 3.05) is 18.5 Å². The number of aromatic nitrogens is 4. The van der Waals surface area contributed by atoms with E-state index in [2.05, 4.69) is 31.7 Å². The number of phosphoric acid groups is 1. The maximum atomic E-state index is 11.0. The van der Waals surface area contributed by atoms with Crippen LogP contribution < -0.4 is 10.1 Å². The number of benzene rings is 1. The topological polar surface area (TPSA) is 181 Å². The van der Waals surface area contributed by atoms with E-state index in [1.807, 2.05) is 24.3 Å². The number of aliphatic hydroxyl groups is 2. The van der Waals surface area contributed by atoms with Crippen LogP contribution in [0.15, 0.2) is 36.9 Å². The van der Waals surface area contributed by atoms with Crippen LogP contribution in [0, 0.1) is 0 Å². The molecule has 5 N–H and O–H groups in total. The first-order valence-electron chi connectivity index (χ1n) is 11.6. The van der Waals surface area contributed by atoms with Gasteiger partial charge in [-0.1, -0.05) is 31.9 Å². The second-order valence-corrected chi connectivity index (χ2v) is 9.67. The molecule has 1 saturated heterocycles. The fourth-order valence-corrected chi connectivity index (χ4v) is 4.21. The van der Waals surface area contributed by atoms with Crippen molar-refractivity contribution in [1.82, 2.24) is 19.5 Å². The molecule has 0 unspecified atom stereocenters. The molecule has 4 rings (SSSR count). The quantitative estimate of drug-likeness (QED) is 0.172. The Kier molecular flexibility index (Phi) is 8.52.